The number of carboxylic acids is 1. The first-order valence-electron chi connectivity index (χ1n) is 3.64. The lowest BCUT2D eigenvalue weighted by Gasteiger charge is -2.06. The highest BCUT2D eigenvalue weighted by atomic mass is 19.1. The third-order valence-corrected chi connectivity index (χ3v) is 1.75. The van der Waals surface area contributed by atoms with Crippen molar-refractivity contribution in [2.24, 2.45) is 0 Å². The molecule has 0 fully saturated rings. The van der Waals surface area contributed by atoms with Gasteiger partial charge in [0.05, 0.1) is 7.11 Å². The Balaban J connectivity index is 3.38. The summed E-state index contributed by atoms with van der Waals surface area (Å²) in [4.78, 5) is 10.6. The number of hydrogen-bond acceptors (Lipinski definition) is 2. The van der Waals surface area contributed by atoms with Gasteiger partial charge in [-0.05, 0) is 18.6 Å². The summed E-state index contributed by atoms with van der Waals surface area (Å²) in [6.45, 7) is 1.53. The summed E-state index contributed by atoms with van der Waals surface area (Å²) in [7, 11) is 1.29. The number of benzene rings is 1. The monoisotopic (exact) mass is 184 g/mol. The fraction of sp³-hybridized carbons (Fsp3) is 0.222. The van der Waals surface area contributed by atoms with E-state index >= 15 is 0 Å². The van der Waals surface area contributed by atoms with Crippen molar-refractivity contribution in [2.75, 3.05) is 7.11 Å². The first kappa shape index (κ1) is 9.51. The van der Waals surface area contributed by atoms with E-state index in [2.05, 4.69) is 4.74 Å². The topological polar surface area (TPSA) is 46.5 Å². The van der Waals surface area contributed by atoms with Gasteiger partial charge in [0.2, 0.25) is 0 Å². The zero-order valence-corrected chi connectivity index (χ0v) is 7.30. The van der Waals surface area contributed by atoms with Crippen LogP contribution in [0.1, 0.15) is 15.9 Å². The van der Waals surface area contributed by atoms with E-state index in [0.717, 1.165) is 0 Å². The van der Waals surface area contributed by atoms with Gasteiger partial charge < -0.3 is 9.84 Å². The second kappa shape index (κ2) is 3.43. The molecule has 0 unspecified atom stereocenters. The Morgan fingerprint density at radius 2 is 2.15 bits per heavy atom. The maximum absolute atomic E-state index is 13.3. The van der Waals surface area contributed by atoms with Crippen LogP contribution in [0.5, 0.6) is 5.75 Å². The smallest absolute Gasteiger partial charge is 0.339 e. The number of aromatic carboxylic acids is 1. The first-order valence-corrected chi connectivity index (χ1v) is 3.64. The van der Waals surface area contributed by atoms with Gasteiger partial charge in [-0.15, -0.1) is 0 Å². The van der Waals surface area contributed by atoms with Crippen LogP contribution in [0.3, 0.4) is 0 Å². The molecule has 70 valence electrons. The van der Waals surface area contributed by atoms with Crippen LogP contribution in [0, 0.1) is 12.7 Å². The molecule has 13 heavy (non-hydrogen) atoms. The molecule has 0 aromatic heterocycles. The standard InChI is InChI=1S/C9H9FO3/c1-5-3-4-6(13-2)8(10)7(5)9(11)12/h3-4H,1-2H3,(H,11,12). The van der Waals surface area contributed by atoms with E-state index < -0.39 is 11.8 Å². The highest BCUT2D eigenvalue weighted by molar-refractivity contribution is 5.90. The Morgan fingerprint density at radius 3 is 2.62 bits per heavy atom. The van der Waals surface area contributed by atoms with Gasteiger partial charge in [-0.1, -0.05) is 6.07 Å². The molecule has 0 amide bonds. The lowest BCUT2D eigenvalue weighted by atomic mass is 10.1. The molecule has 1 aromatic carbocycles. The predicted molar refractivity (Wildman–Crippen MR) is 44.6 cm³/mol. The Hall–Kier alpha value is -1.58. The van der Waals surface area contributed by atoms with E-state index in [4.69, 9.17) is 5.11 Å². The zero-order valence-electron chi connectivity index (χ0n) is 7.30. The third kappa shape index (κ3) is 1.61. The summed E-state index contributed by atoms with van der Waals surface area (Å²) >= 11 is 0. The van der Waals surface area contributed by atoms with Gasteiger partial charge in [0.15, 0.2) is 11.6 Å². The van der Waals surface area contributed by atoms with Crippen molar-refractivity contribution < 1.29 is 19.0 Å². The summed E-state index contributed by atoms with van der Waals surface area (Å²) in [5.74, 6) is -2.16. The van der Waals surface area contributed by atoms with Gasteiger partial charge in [-0.3, -0.25) is 0 Å². The predicted octanol–water partition coefficient (Wildman–Crippen LogP) is 1.84. The Kier molecular flexibility index (Phi) is 2.51. The number of halogens is 1. The van der Waals surface area contributed by atoms with E-state index in [1.165, 1.54) is 26.2 Å². The van der Waals surface area contributed by atoms with Crippen LogP contribution in [-0.2, 0) is 0 Å². The average Bonchev–Trinajstić information content (AvgIpc) is 2.04. The molecule has 0 radical (unpaired) electrons. The highest BCUT2D eigenvalue weighted by Gasteiger charge is 2.17. The van der Waals surface area contributed by atoms with Gasteiger partial charge in [0.1, 0.15) is 5.56 Å². The van der Waals surface area contributed by atoms with Crippen molar-refractivity contribution in [3.05, 3.63) is 29.1 Å². The minimum absolute atomic E-state index is 0.0528. The molecule has 0 aliphatic heterocycles. The van der Waals surface area contributed by atoms with Crippen molar-refractivity contribution in [3.63, 3.8) is 0 Å². The molecule has 0 spiro atoms. The summed E-state index contributed by atoms with van der Waals surface area (Å²) in [6.07, 6.45) is 0. The van der Waals surface area contributed by atoms with Crippen molar-refractivity contribution in [2.45, 2.75) is 6.92 Å². The molecule has 0 bridgehead atoms. The normalized spacial score (nSPS) is 9.77. The van der Waals surface area contributed by atoms with Crippen LogP contribution in [0.15, 0.2) is 12.1 Å². The van der Waals surface area contributed by atoms with Crippen molar-refractivity contribution >= 4 is 5.97 Å². The number of carbonyl (C=O) groups is 1. The maximum Gasteiger partial charge on any atom is 0.339 e. The maximum atomic E-state index is 13.3. The van der Waals surface area contributed by atoms with Crippen LogP contribution >= 0.6 is 0 Å². The molecule has 4 heteroatoms. The second-order valence-electron chi connectivity index (χ2n) is 2.58. The van der Waals surface area contributed by atoms with E-state index in [1.54, 1.807) is 0 Å². The van der Waals surface area contributed by atoms with Crippen molar-refractivity contribution in [3.8, 4) is 5.75 Å². The SMILES string of the molecule is COc1ccc(C)c(C(=O)O)c1F. The largest absolute Gasteiger partial charge is 0.494 e. The van der Waals surface area contributed by atoms with E-state index in [9.17, 15) is 9.18 Å². The van der Waals surface area contributed by atoms with Crippen LogP contribution < -0.4 is 4.74 Å². The molecular formula is C9H9FO3. The number of methoxy groups -OCH3 is 1. The summed E-state index contributed by atoms with van der Waals surface area (Å²) in [5, 5.41) is 8.67. The minimum atomic E-state index is -1.28. The van der Waals surface area contributed by atoms with Crippen LogP contribution in [-0.4, -0.2) is 18.2 Å². The van der Waals surface area contributed by atoms with Gasteiger partial charge in [-0.25, -0.2) is 9.18 Å². The molecule has 0 heterocycles. The number of aryl methyl sites for hydroxylation is 1. The fourth-order valence-electron chi connectivity index (χ4n) is 1.07. The summed E-state index contributed by atoms with van der Waals surface area (Å²) < 4.78 is 17.9. The molecule has 0 aliphatic rings. The second-order valence-corrected chi connectivity index (χ2v) is 2.58. The lowest BCUT2D eigenvalue weighted by molar-refractivity contribution is 0.0690. The average molecular weight is 184 g/mol. The zero-order chi connectivity index (χ0) is 10.0. The molecule has 1 aromatic rings. The highest BCUT2D eigenvalue weighted by Crippen LogP contribution is 2.22. The quantitative estimate of drug-likeness (QED) is 0.762. The molecule has 0 atom stereocenters. The van der Waals surface area contributed by atoms with Gasteiger partial charge in [0, 0.05) is 0 Å². The van der Waals surface area contributed by atoms with Crippen molar-refractivity contribution in [1.29, 1.82) is 0 Å². The molecule has 1 rings (SSSR count). The third-order valence-electron chi connectivity index (χ3n) is 1.75. The molecule has 0 saturated heterocycles. The van der Waals surface area contributed by atoms with E-state index in [1.807, 2.05) is 0 Å². The Bertz CT molecular complexity index is 347. The molecule has 0 aliphatic carbocycles. The number of carboxylic acid groups (broad SMARTS) is 1. The van der Waals surface area contributed by atoms with E-state index in [0.29, 0.717) is 5.56 Å². The molecular weight excluding hydrogens is 175 g/mol. The van der Waals surface area contributed by atoms with Gasteiger partial charge >= 0.3 is 5.97 Å². The van der Waals surface area contributed by atoms with Crippen molar-refractivity contribution in [1.82, 2.24) is 0 Å². The number of rotatable bonds is 2. The Morgan fingerprint density at radius 1 is 1.54 bits per heavy atom. The van der Waals surface area contributed by atoms with E-state index in [-0.39, 0.29) is 11.3 Å². The molecule has 0 saturated carbocycles. The van der Waals surface area contributed by atoms with Gasteiger partial charge in [-0.2, -0.15) is 0 Å². The molecule has 3 nitrogen and oxygen atoms in total. The first-order chi connectivity index (χ1) is 6.07. The fourth-order valence-corrected chi connectivity index (χ4v) is 1.07. The summed E-state index contributed by atoms with van der Waals surface area (Å²) in [5.41, 5.74) is 0.0464. The van der Waals surface area contributed by atoms with Crippen LogP contribution in [0.2, 0.25) is 0 Å². The lowest BCUT2D eigenvalue weighted by Crippen LogP contribution is -2.05. The van der Waals surface area contributed by atoms with Gasteiger partial charge in [0.25, 0.3) is 0 Å². The van der Waals surface area contributed by atoms with Crippen LogP contribution in [0.4, 0.5) is 4.39 Å². The summed E-state index contributed by atoms with van der Waals surface area (Å²) in [6, 6.07) is 2.91. The Labute approximate surface area is 74.8 Å². The van der Waals surface area contributed by atoms with Crippen LogP contribution in [0.25, 0.3) is 0 Å². The minimum Gasteiger partial charge on any atom is -0.494 e. The number of ether oxygens (including phenoxy) is 1. The molecule has 1 N–H and O–H groups in total. The number of hydrogen-bond donors (Lipinski definition) is 1.